The minimum absolute atomic E-state index is 0.167. The molecule has 0 saturated carbocycles. The summed E-state index contributed by atoms with van der Waals surface area (Å²) in [6, 6.07) is 10.2. The van der Waals surface area contributed by atoms with Crippen molar-refractivity contribution in [3.8, 4) is 6.07 Å². The molecule has 3 nitrogen and oxygen atoms in total. The van der Waals surface area contributed by atoms with E-state index >= 15 is 0 Å². The van der Waals surface area contributed by atoms with Crippen LogP contribution in [0.3, 0.4) is 0 Å². The number of aromatic nitrogens is 1. The van der Waals surface area contributed by atoms with Crippen molar-refractivity contribution < 1.29 is 0 Å². The van der Waals surface area contributed by atoms with Crippen LogP contribution in [0.2, 0.25) is 0 Å². The van der Waals surface area contributed by atoms with Crippen LogP contribution in [-0.4, -0.2) is 4.57 Å². The van der Waals surface area contributed by atoms with Crippen LogP contribution in [0.5, 0.6) is 0 Å². The predicted octanol–water partition coefficient (Wildman–Crippen LogP) is 3.13. The fourth-order valence-electron chi connectivity index (χ4n) is 3.01. The van der Waals surface area contributed by atoms with Gasteiger partial charge in [-0.25, -0.2) is 0 Å². The maximum atomic E-state index is 9.16. The number of benzene rings is 1. The summed E-state index contributed by atoms with van der Waals surface area (Å²) in [4.78, 5) is 0. The van der Waals surface area contributed by atoms with Gasteiger partial charge < -0.3 is 10.3 Å². The third kappa shape index (κ3) is 2.48. The van der Waals surface area contributed by atoms with Gasteiger partial charge in [0.1, 0.15) is 0 Å². The SMILES string of the molecule is N#Cc1ccccc1Cn1cc2c(c1)C(N)CCCC2. The van der Waals surface area contributed by atoms with Crippen molar-refractivity contribution in [3.05, 3.63) is 58.9 Å². The van der Waals surface area contributed by atoms with E-state index in [-0.39, 0.29) is 6.04 Å². The summed E-state index contributed by atoms with van der Waals surface area (Å²) in [5.41, 5.74) is 10.7. The summed E-state index contributed by atoms with van der Waals surface area (Å²) in [5.74, 6) is 0. The van der Waals surface area contributed by atoms with Crippen LogP contribution in [0, 0.1) is 11.3 Å². The molecular formula is C17H19N3. The van der Waals surface area contributed by atoms with Gasteiger partial charge in [-0.05, 0) is 42.0 Å². The first-order chi connectivity index (χ1) is 9.78. The molecular weight excluding hydrogens is 246 g/mol. The number of nitrogens with zero attached hydrogens (tertiary/aromatic N) is 2. The van der Waals surface area contributed by atoms with Crippen LogP contribution in [0.25, 0.3) is 0 Å². The molecule has 1 heterocycles. The lowest BCUT2D eigenvalue weighted by Crippen LogP contribution is -2.09. The van der Waals surface area contributed by atoms with Crippen molar-refractivity contribution >= 4 is 0 Å². The monoisotopic (exact) mass is 265 g/mol. The molecule has 0 aliphatic heterocycles. The Bertz CT molecular complexity index is 648. The minimum Gasteiger partial charge on any atom is -0.349 e. The summed E-state index contributed by atoms with van der Waals surface area (Å²) >= 11 is 0. The highest BCUT2D eigenvalue weighted by Crippen LogP contribution is 2.28. The van der Waals surface area contributed by atoms with E-state index in [0.717, 1.165) is 30.5 Å². The van der Waals surface area contributed by atoms with E-state index in [4.69, 9.17) is 11.0 Å². The van der Waals surface area contributed by atoms with Crippen LogP contribution in [-0.2, 0) is 13.0 Å². The average Bonchev–Trinajstić information content (AvgIpc) is 2.79. The summed E-state index contributed by atoms with van der Waals surface area (Å²) in [6.07, 6.45) is 9.00. The highest BCUT2D eigenvalue weighted by atomic mass is 14.9. The lowest BCUT2D eigenvalue weighted by Gasteiger charge is -2.08. The predicted molar refractivity (Wildman–Crippen MR) is 79.2 cm³/mol. The summed E-state index contributed by atoms with van der Waals surface area (Å²) in [6.45, 7) is 0.740. The molecule has 1 aliphatic rings. The first-order valence-electron chi connectivity index (χ1n) is 7.20. The third-order valence-electron chi connectivity index (χ3n) is 4.10. The fourth-order valence-corrected chi connectivity index (χ4v) is 3.01. The third-order valence-corrected chi connectivity index (χ3v) is 4.10. The standard InChI is InChI=1S/C17H19N3/c18-9-13-5-1-2-6-14(13)10-20-11-15-7-3-4-8-17(19)16(15)12-20/h1-2,5-6,11-12,17H,3-4,7-8,10,19H2. The molecule has 1 aromatic carbocycles. The van der Waals surface area contributed by atoms with Crippen molar-refractivity contribution in [2.75, 3.05) is 0 Å². The number of fused-ring (bicyclic) bond motifs is 1. The van der Waals surface area contributed by atoms with E-state index in [1.807, 2.05) is 24.3 Å². The Balaban J connectivity index is 1.89. The van der Waals surface area contributed by atoms with Gasteiger partial charge in [0.25, 0.3) is 0 Å². The molecule has 1 aliphatic carbocycles. The molecule has 2 aromatic rings. The van der Waals surface area contributed by atoms with Gasteiger partial charge in [0.2, 0.25) is 0 Å². The van der Waals surface area contributed by atoms with E-state index in [9.17, 15) is 0 Å². The molecule has 20 heavy (non-hydrogen) atoms. The number of hydrogen-bond donors (Lipinski definition) is 1. The van der Waals surface area contributed by atoms with Crippen molar-refractivity contribution in [1.29, 1.82) is 5.26 Å². The second kappa shape index (κ2) is 5.52. The van der Waals surface area contributed by atoms with E-state index < -0.39 is 0 Å². The average molecular weight is 265 g/mol. The molecule has 1 aromatic heterocycles. The molecule has 0 spiro atoms. The molecule has 1 atom stereocenters. The molecule has 0 saturated heterocycles. The zero-order valence-corrected chi connectivity index (χ0v) is 11.5. The Hall–Kier alpha value is -2.05. The van der Waals surface area contributed by atoms with Gasteiger partial charge in [0, 0.05) is 25.0 Å². The highest BCUT2D eigenvalue weighted by Gasteiger charge is 2.17. The zero-order chi connectivity index (χ0) is 13.9. The summed E-state index contributed by atoms with van der Waals surface area (Å²) in [7, 11) is 0. The largest absolute Gasteiger partial charge is 0.349 e. The molecule has 0 bridgehead atoms. The Labute approximate surface area is 119 Å². The summed E-state index contributed by atoms with van der Waals surface area (Å²) in [5, 5.41) is 9.16. The van der Waals surface area contributed by atoms with Gasteiger partial charge in [0.05, 0.1) is 11.6 Å². The molecule has 3 rings (SSSR count). The highest BCUT2D eigenvalue weighted by molar-refractivity contribution is 5.38. The van der Waals surface area contributed by atoms with Crippen LogP contribution in [0.15, 0.2) is 36.7 Å². The molecule has 2 N–H and O–H groups in total. The normalized spacial score (nSPS) is 18.1. The van der Waals surface area contributed by atoms with Crippen molar-refractivity contribution in [1.82, 2.24) is 4.57 Å². The smallest absolute Gasteiger partial charge is 0.0995 e. The van der Waals surface area contributed by atoms with Crippen LogP contribution in [0.4, 0.5) is 0 Å². The number of aryl methyl sites for hydroxylation is 1. The first-order valence-corrected chi connectivity index (χ1v) is 7.20. The second-order valence-corrected chi connectivity index (χ2v) is 5.53. The van der Waals surface area contributed by atoms with Crippen molar-refractivity contribution in [3.63, 3.8) is 0 Å². The molecule has 0 radical (unpaired) electrons. The van der Waals surface area contributed by atoms with Crippen molar-refractivity contribution in [2.45, 2.75) is 38.3 Å². The lowest BCUT2D eigenvalue weighted by molar-refractivity contribution is 0.610. The van der Waals surface area contributed by atoms with Gasteiger partial charge in [-0.2, -0.15) is 5.26 Å². The van der Waals surface area contributed by atoms with Gasteiger partial charge in [-0.1, -0.05) is 24.6 Å². The van der Waals surface area contributed by atoms with Crippen LogP contribution in [0.1, 0.15) is 47.6 Å². The maximum Gasteiger partial charge on any atom is 0.0995 e. The second-order valence-electron chi connectivity index (χ2n) is 5.53. The van der Waals surface area contributed by atoms with Crippen LogP contribution < -0.4 is 5.73 Å². The molecule has 3 heteroatoms. The zero-order valence-electron chi connectivity index (χ0n) is 11.5. The van der Waals surface area contributed by atoms with Crippen molar-refractivity contribution in [2.24, 2.45) is 5.73 Å². The Kier molecular flexibility index (Phi) is 3.58. The Morgan fingerprint density at radius 2 is 2.10 bits per heavy atom. The first kappa shape index (κ1) is 13.0. The number of nitriles is 1. The van der Waals surface area contributed by atoms with E-state index in [0.29, 0.717) is 0 Å². The van der Waals surface area contributed by atoms with E-state index in [1.54, 1.807) is 0 Å². The topological polar surface area (TPSA) is 54.7 Å². The molecule has 1 unspecified atom stereocenters. The van der Waals surface area contributed by atoms with Crippen LogP contribution >= 0.6 is 0 Å². The molecule has 0 fully saturated rings. The fraction of sp³-hybridized carbons (Fsp3) is 0.353. The Morgan fingerprint density at radius 1 is 1.25 bits per heavy atom. The number of rotatable bonds is 2. The molecule has 0 amide bonds. The maximum absolute atomic E-state index is 9.16. The quantitative estimate of drug-likeness (QED) is 0.848. The van der Waals surface area contributed by atoms with Gasteiger partial charge in [0.15, 0.2) is 0 Å². The Morgan fingerprint density at radius 3 is 2.95 bits per heavy atom. The van der Waals surface area contributed by atoms with Gasteiger partial charge in [-0.15, -0.1) is 0 Å². The van der Waals surface area contributed by atoms with E-state index in [2.05, 4.69) is 23.0 Å². The van der Waals surface area contributed by atoms with E-state index in [1.165, 1.54) is 24.0 Å². The lowest BCUT2D eigenvalue weighted by atomic mass is 10.1. The molecule has 102 valence electrons. The summed E-state index contributed by atoms with van der Waals surface area (Å²) < 4.78 is 2.17. The number of hydrogen-bond acceptors (Lipinski definition) is 2. The van der Waals surface area contributed by atoms with Gasteiger partial charge >= 0.3 is 0 Å². The number of nitrogens with two attached hydrogens (primary N) is 1. The van der Waals surface area contributed by atoms with Gasteiger partial charge in [-0.3, -0.25) is 0 Å². The minimum atomic E-state index is 0.167.